The van der Waals surface area contributed by atoms with Crippen molar-refractivity contribution in [3.05, 3.63) is 29.8 Å². The fourth-order valence-corrected chi connectivity index (χ4v) is 13.1. The predicted octanol–water partition coefficient (Wildman–Crippen LogP) is -13.9. The van der Waals surface area contributed by atoms with Gasteiger partial charge in [-0.25, -0.2) is 9.59 Å². The SMILES string of the molecule is CC(=O)[N+]1(C)C(=O)[C@H](CCCCN)NC(=O)[C@H](Cc2ccc(O)cc2)NC(=O)[C@H](CO)NC(=O)CNC(=O)CNC(=O)[C@H](CO)NC(=O)[C@H](CO)NC(=O)CNC(=O)CNC(=O)[C@H](CO)NC(=O)[C@H](CO)NC(=O)[C@H]2NC(=O)[C@H](CC(=O)O)NC(=O)CNC(=O)[C@H](CCCN=C(N)N)NC(=O)[C@@H]1CSSC2(C)C. The number of benzene rings is 1. The smallest absolute Gasteiger partial charge is 0.343 e. The van der Waals surface area contributed by atoms with E-state index in [-0.39, 0.29) is 62.5 Å². The van der Waals surface area contributed by atoms with Gasteiger partial charge in [0.25, 0.3) is 5.91 Å². The van der Waals surface area contributed by atoms with Gasteiger partial charge in [-0.1, -0.05) is 33.7 Å². The molecule has 17 amide bonds. The number of likely N-dealkylation sites (N-methyl/N-ethyl adjacent to an activating group) is 1. The summed E-state index contributed by atoms with van der Waals surface area (Å²) in [5.41, 5.74) is 17.1. The average molecular weight is 1570 g/mol. The third kappa shape index (κ3) is 29.7. The molecule has 0 aliphatic carbocycles. The van der Waals surface area contributed by atoms with E-state index in [1.54, 1.807) is 0 Å². The first-order valence-electron chi connectivity index (χ1n) is 33.3. The average Bonchev–Trinajstić information content (AvgIpc) is 0.795. The first kappa shape index (κ1) is 91.8. The maximum Gasteiger partial charge on any atom is 0.343 e. The van der Waals surface area contributed by atoms with Gasteiger partial charge in [-0.15, -0.1) is 0 Å². The second-order valence-electron chi connectivity index (χ2n) is 24.9. The number of nitrogens with one attached hydrogen (secondary N) is 15. The molecule has 2 bridgehead atoms. The van der Waals surface area contributed by atoms with Crippen molar-refractivity contribution in [3.8, 4) is 5.75 Å². The van der Waals surface area contributed by atoms with Crippen LogP contribution in [0.4, 0.5) is 0 Å². The number of unbranched alkanes of at least 4 members (excludes halogenated alkanes) is 1. The lowest BCUT2D eigenvalue weighted by Crippen LogP contribution is -2.70. The van der Waals surface area contributed by atoms with Gasteiger partial charge in [0.15, 0.2) is 12.0 Å². The molecule has 2 saturated heterocycles. The van der Waals surface area contributed by atoms with Crippen molar-refractivity contribution < 1.29 is 127 Å². The minimum atomic E-state index is -2.11. The van der Waals surface area contributed by atoms with Crippen LogP contribution in [0, 0.1) is 0 Å². The van der Waals surface area contributed by atoms with Gasteiger partial charge in [-0.3, -0.25) is 81.7 Å². The van der Waals surface area contributed by atoms with Crippen LogP contribution >= 0.6 is 21.6 Å². The largest absolute Gasteiger partial charge is 0.508 e. The van der Waals surface area contributed by atoms with E-state index in [1.165, 1.54) is 38.1 Å². The molecule has 47 heteroatoms. The van der Waals surface area contributed by atoms with Gasteiger partial charge in [0.1, 0.15) is 66.2 Å². The Morgan fingerprint density at radius 3 is 1.34 bits per heavy atom. The van der Waals surface area contributed by atoms with E-state index in [9.17, 15) is 112 Å². The van der Waals surface area contributed by atoms with Crippen molar-refractivity contribution in [2.24, 2.45) is 22.2 Å². The summed E-state index contributed by atoms with van der Waals surface area (Å²) >= 11 is 0. The lowest BCUT2D eigenvalue weighted by molar-refractivity contribution is -0.772. The molecule has 2 aliphatic rings. The minimum absolute atomic E-state index is 0.00619. The van der Waals surface area contributed by atoms with Crippen molar-refractivity contribution in [2.45, 2.75) is 137 Å². The van der Waals surface area contributed by atoms with E-state index in [4.69, 9.17) is 17.2 Å². The second kappa shape index (κ2) is 45.3. The van der Waals surface area contributed by atoms with Crippen LogP contribution in [0.5, 0.6) is 5.75 Å². The third-order valence-corrected chi connectivity index (χ3v) is 19.5. The molecule has 1 unspecified atom stereocenters. The zero-order valence-electron chi connectivity index (χ0n) is 59.2. The Bertz CT molecular complexity index is 3460. The molecule has 12 atom stereocenters. The molecule has 1 aromatic carbocycles. The number of carbonyl (C=O) groups excluding carboxylic acids is 17. The van der Waals surface area contributed by atoms with Crippen LogP contribution in [0.15, 0.2) is 29.3 Å². The summed E-state index contributed by atoms with van der Waals surface area (Å²) in [4.78, 5) is 253. The number of carboxylic acid groups (broad SMARTS) is 1. The zero-order valence-corrected chi connectivity index (χ0v) is 60.9. The van der Waals surface area contributed by atoms with E-state index in [0.717, 1.165) is 14.0 Å². The van der Waals surface area contributed by atoms with Crippen molar-refractivity contribution in [1.82, 2.24) is 79.8 Å². The molecule has 600 valence electrons. The first-order valence-corrected chi connectivity index (χ1v) is 35.6. The number of hydrogen-bond acceptors (Lipinski definition) is 28. The number of fused-ring (bicyclic) bond motifs is 5. The number of carbonyl (C=O) groups is 18. The number of aliphatic imine (C=N–C) groups is 1. The number of carboxylic acids is 1. The molecule has 3 rings (SSSR count). The maximum atomic E-state index is 15.8. The number of imide groups is 1. The molecule has 0 spiro atoms. The molecule has 2 aliphatic heterocycles. The number of phenols is 1. The summed E-state index contributed by atoms with van der Waals surface area (Å²) in [7, 11) is 2.26. The van der Waals surface area contributed by atoms with E-state index < -0.39 is 266 Å². The van der Waals surface area contributed by atoms with Crippen LogP contribution in [0.1, 0.15) is 64.9 Å². The summed E-state index contributed by atoms with van der Waals surface area (Å²) in [5.74, 6) is -23.9. The molecule has 2 heterocycles. The molecule has 0 aromatic heterocycles. The van der Waals surface area contributed by atoms with Gasteiger partial charge in [0, 0.05) is 17.7 Å². The number of phenolic OH excluding ortho intramolecular Hbond substituents is 1. The Hall–Kier alpha value is -10.4. The quantitative estimate of drug-likeness (QED) is 0.0226. The molecule has 108 heavy (non-hydrogen) atoms. The summed E-state index contributed by atoms with van der Waals surface area (Å²) in [6.45, 7) is -7.55. The highest BCUT2D eigenvalue weighted by atomic mass is 33.1. The molecular weight excluding hydrogens is 1480 g/mol. The van der Waals surface area contributed by atoms with Crippen molar-refractivity contribution in [3.63, 3.8) is 0 Å². The number of amides is 17. The third-order valence-electron chi connectivity index (χ3n) is 16.2. The van der Waals surface area contributed by atoms with E-state index >= 15 is 9.59 Å². The number of aliphatic hydroxyl groups excluding tert-OH is 5. The van der Waals surface area contributed by atoms with Crippen LogP contribution in [-0.4, -0.2) is 315 Å². The van der Waals surface area contributed by atoms with Crippen LogP contribution in [-0.2, 0) is 92.7 Å². The minimum Gasteiger partial charge on any atom is -0.508 e. The fourth-order valence-electron chi connectivity index (χ4n) is 10.1. The second-order valence-corrected chi connectivity index (χ2v) is 27.9. The van der Waals surface area contributed by atoms with E-state index in [1.807, 2.05) is 21.3 Å². The lowest BCUT2D eigenvalue weighted by Gasteiger charge is -2.38. The molecule has 0 saturated carbocycles. The fraction of sp³-hybridized carbons (Fsp3) is 0.590. The number of nitrogens with two attached hydrogens (primary N) is 3. The number of nitrogens with zero attached hydrogens (tertiary/aromatic N) is 2. The highest BCUT2D eigenvalue weighted by Crippen LogP contribution is 2.40. The van der Waals surface area contributed by atoms with E-state index in [2.05, 4.69) is 63.5 Å². The topological polar surface area (TPSA) is 720 Å². The maximum absolute atomic E-state index is 15.8. The summed E-state index contributed by atoms with van der Waals surface area (Å²) in [5, 5.41) is 104. The highest BCUT2D eigenvalue weighted by Gasteiger charge is 2.53. The van der Waals surface area contributed by atoms with Crippen LogP contribution in [0.2, 0.25) is 0 Å². The van der Waals surface area contributed by atoms with Crippen molar-refractivity contribution >= 4 is 134 Å². The van der Waals surface area contributed by atoms with Gasteiger partial charge >= 0.3 is 17.8 Å². The normalized spacial score (nSPS) is 26.4. The van der Waals surface area contributed by atoms with Gasteiger partial charge < -0.3 is 133 Å². The predicted molar refractivity (Wildman–Crippen MR) is 376 cm³/mol. The molecule has 2 fully saturated rings. The molecule has 28 N–H and O–H groups in total. The number of rotatable bonds is 17. The molecule has 0 radical (unpaired) electrons. The van der Waals surface area contributed by atoms with Gasteiger partial charge in [-0.05, 0) is 70.2 Å². The number of quaternary nitrogens is 1. The summed E-state index contributed by atoms with van der Waals surface area (Å²) in [6, 6.07) is -16.1. The Morgan fingerprint density at radius 1 is 0.491 bits per heavy atom. The summed E-state index contributed by atoms with van der Waals surface area (Å²) in [6.07, 6.45) is -2.27. The monoisotopic (exact) mass is 1570 g/mol. The Morgan fingerprint density at radius 2 is 0.880 bits per heavy atom. The Kier molecular flexibility index (Phi) is 38.5. The zero-order chi connectivity index (χ0) is 81.2. The Balaban J connectivity index is 2.35. The first-order chi connectivity index (χ1) is 50.9. The number of hydrogen-bond donors (Lipinski definition) is 25. The van der Waals surface area contributed by atoms with Crippen LogP contribution in [0.3, 0.4) is 0 Å². The van der Waals surface area contributed by atoms with Crippen molar-refractivity contribution in [1.29, 1.82) is 0 Å². The van der Waals surface area contributed by atoms with Crippen LogP contribution < -0.4 is 97.0 Å². The van der Waals surface area contributed by atoms with Gasteiger partial charge in [0.2, 0.25) is 82.7 Å². The summed E-state index contributed by atoms with van der Waals surface area (Å²) < 4.78 is -3.46. The highest BCUT2D eigenvalue weighted by molar-refractivity contribution is 8.77. The molecule has 1 aromatic rings. The number of aliphatic hydroxyl groups is 5. The lowest BCUT2D eigenvalue weighted by atomic mass is 10.0. The molecule has 45 nitrogen and oxygen atoms in total. The Labute approximate surface area is 624 Å². The van der Waals surface area contributed by atoms with E-state index in [0.29, 0.717) is 21.6 Å². The number of aromatic hydroxyl groups is 1. The molecular formula is C61H95N20O25S2+. The van der Waals surface area contributed by atoms with Crippen molar-refractivity contribution in [2.75, 3.05) is 91.6 Å². The number of aliphatic carboxylic acids is 1. The van der Waals surface area contributed by atoms with Crippen LogP contribution in [0.25, 0.3) is 0 Å². The van der Waals surface area contributed by atoms with Gasteiger partial charge in [-0.2, -0.15) is 4.48 Å². The van der Waals surface area contributed by atoms with Gasteiger partial charge in [0.05, 0.1) is 91.9 Å². The standard InChI is InChI=1S/C61H94N20O25S2/c1-29(87)81(4)41-28-107-108-61(2,3)48(80-53(100)35(17-47(94)95)71-46(93)22-70-49(96)32(74-57(41)104)9-7-15-65-60(63)64)58(105)79-40(27-86)56(103)78-37(24-83)51(98)69-19-43(90)67-21-45(92)73-39(26-85)55(102)77-36(23-82)50(97)68-18-42(89)66-20-44(91)72-38(25-84)54(101)76-34(16-30-10-12-31(88)13-11-30)52(99)75-33(59(81)106)8-5-6-14-62/h10-13,32-41,48,82-86H,5-9,14-28,62H2,1-4H3,(H20-,63,64,65,66,67,68,69,70,71,72,73,74,75,76,77,78,79,80,88,89,90,91,92,93,94,95,96,97,98,99,100,101,102,103,104,105)/p+1/t32-,33-,34-,35-,36-,37-,38-,39-,40-,41-,48+,81?/m0/s1. The number of guanidine groups is 1.